The zero-order valence-corrected chi connectivity index (χ0v) is 8.97. The first kappa shape index (κ1) is 14.8. The van der Waals surface area contributed by atoms with E-state index in [1.165, 1.54) is 0 Å². The van der Waals surface area contributed by atoms with Crippen LogP contribution in [0.2, 0.25) is 0 Å². The molecule has 0 aliphatic heterocycles. The Hall–Kier alpha value is -0.670. The Bertz CT molecular complexity index is 170. The number of aliphatic hydroxyl groups is 1. The molecule has 0 saturated carbocycles. The minimum Gasteiger partial charge on any atom is -0.473 e. The third-order valence-corrected chi connectivity index (χ3v) is 2.02. The van der Waals surface area contributed by atoms with Crippen LogP contribution in [-0.4, -0.2) is 32.6 Å². The van der Waals surface area contributed by atoms with Gasteiger partial charge in [-0.1, -0.05) is 13.8 Å². The average Bonchev–Trinajstić information content (AvgIpc) is 1.86. The van der Waals surface area contributed by atoms with Crippen molar-refractivity contribution in [3.05, 3.63) is 0 Å². The van der Waals surface area contributed by atoms with Crippen LogP contribution < -0.4 is 0 Å². The number of carboxylic acids is 2. The lowest BCUT2D eigenvalue weighted by Gasteiger charge is -2.20. The van der Waals surface area contributed by atoms with Gasteiger partial charge in [-0.2, -0.15) is 0 Å². The lowest BCUT2D eigenvalue weighted by atomic mass is 10.1. The first-order chi connectivity index (χ1) is 5.59. The van der Waals surface area contributed by atoms with Crippen LogP contribution in [-0.2, 0) is 9.59 Å². The van der Waals surface area contributed by atoms with Gasteiger partial charge in [0.25, 0.3) is 0 Å². The first-order valence-corrected chi connectivity index (χ1v) is 4.14. The van der Waals surface area contributed by atoms with Crippen molar-refractivity contribution in [1.82, 2.24) is 0 Å². The first-order valence-electron chi connectivity index (χ1n) is 3.56. The van der Waals surface area contributed by atoms with Gasteiger partial charge >= 0.3 is 11.9 Å². The number of carbonyl (C=O) groups is 2. The van der Waals surface area contributed by atoms with Crippen molar-refractivity contribution >= 4 is 21.2 Å². The summed E-state index contributed by atoms with van der Waals surface area (Å²) in [7, 11) is 2.39. The van der Waals surface area contributed by atoms with E-state index in [1.807, 2.05) is 13.8 Å². The summed E-state index contributed by atoms with van der Waals surface area (Å²) in [6.45, 7) is 5.74. The molecule has 0 radical (unpaired) electrons. The normalized spacial score (nSPS) is 14.0. The summed E-state index contributed by atoms with van der Waals surface area (Å²) < 4.78 is 0. The van der Waals surface area contributed by atoms with E-state index in [0.717, 1.165) is 0 Å². The highest BCUT2D eigenvalue weighted by molar-refractivity contribution is 7.18. The third kappa shape index (κ3) is 11.3. The highest BCUT2D eigenvalue weighted by Gasteiger charge is 2.16. The quantitative estimate of drug-likeness (QED) is 0.429. The highest BCUT2D eigenvalue weighted by atomic mass is 31.0. The molecule has 3 N–H and O–H groups in total. The van der Waals surface area contributed by atoms with Gasteiger partial charge in [0.2, 0.25) is 0 Å². The van der Waals surface area contributed by atoms with Crippen molar-refractivity contribution in [2.24, 2.45) is 5.92 Å². The molecule has 78 valence electrons. The van der Waals surface area contributed by atoms with Crippen LogP contribution in [0.1, 0.15) is 20.8 Å². The van der Waals surface area contributed by atoms with E-state index < -0.39 is 17.3 Å². The fraction of sp³-hybridized carbons (Fsp3) is 0.714. The Kier molecular flexibility index (Phi) is 6.72. The molecule has 2 unspecified atom stereocenters. The molecule has 0 aliphatic carbocycles. The molecule has 0 heterocycles. The molecule has 6 heteroatoms. The van der Waals surface area contributed by atoms with Gasteiger partial charge < -0.3 is 15.3 Å². The minimum absolute atomic E-state index is 0.317. The summed E-state index contributed by atoms with van der Waals surface area (Å²) in [5, 5.41) is 23.3. The second kappa shape index (κ2) is 5.89. The van der Waals surface area contributed by atoms with Crippen LogP contribution >= 0.6 is 9.24 Å². The van der Waals surface area contributed by atoms with Crippen LogP contribution in [0.4, 0.5) is 0 Å². The molecule has 0 aromatic carbocycles. The smallest absolute Gasteiger partial charge is 0.414 e. The van der Waals surface area contributed by atoms with E-state index in [9.17, 15) is 0 Å². The molecule has 0 aromatic heterocycles. The average molecular weight is 210 g/mol. The second-order valence-corrected chi connectivity index (χ2v) is 4.16. The molecule has 0 bridgehead atoms. The summed E-state index contributed by atoms with van der Waals surface area (Å²) in [6.07, 6.45) is 0. The van der Waals surface area contributed by atoms with Gasteiger partial charge in [0.1, 0.15) is 0 Å². The Morgan fingerprint density at radius 3 is 1.38 bits per heavy atom. The maximum absolute atomic E-state index is 9.10. The summed E-state index contributed by atoms with van der Waals surface area (Å²) in [6, 6.07) is 0. The van der Waals surface area contributed by atoms with Crippen molar-refractivity contribution < 1.29 is 24.9 Å². The van der Waals surface area contributed by atoms with Crippen molar-refractivity contribution in [3.63, 3.8) is 0 Å². The van der Waals surface area contributed by atoms with Gasteiger partial charge in [-0.15, -0.1) is 9.24 Å². The lowest BCUT2D eigenvalue weighted by molar-refractivity contribution is -0.159. The molecular formula is C7H15O5P. The van der Waals surface area contributed by atoms with Crippen molar-refractivity contribution in [2.45, 2.75) is 26.1 Å². The standard InChI is InChI=1S/C5H13OP.C2H2O4/c1-4(2)5(3,6)7;3-1(4)2(5)6/h4,6H,7H2,1-3H3;(H,3,4)(H,5,6). The number of hydrogen-bond acceptors (Lipinski definition) is 3. The van der Waals surface area contributed by atoms with Crippen LogP contribution in [0.3, 0.4) is 0 Å². The topological polar surface area (TPSA) is 94.8 Å². The van der Waals surface area contributed by atoms with Crippen LogP contribution in [0.25, 0.3) is 0 Å². The van der Waals surface area contributed by atoms with E-state index in [1.54, 1.807) is 6.92 Å². The fourth-order valence-electron chi connectivity index (χ4n) is 0. The number of rotatable bonds is 1. The van der Waals surface area contributed by atoms with Crippen LogP contribution in [0.15, 0.2) is 0 Å². The number of aliphatic carboxylic acids is 2. The van der Waals surface area contributed by atoms with E-state index >= 15 is 0 Å². The molecule has 2 atom stereocenters. The summed E-state index contributed by atoms with van der Waals surface area (Å²) in [5.41, 5.74) is 0. The van der Waals surface area contributed by atoms with Gasteiger partial charge in [0.15, 0.2) is 0 Å². The highest BCUT2D eigenvalue weighted by Crippen LogP contribution is 2.22. The maximum Gasteiger partial charge on any atom is 0.414 e. The predicted octanol–water partition coefficient (Wildman–Crippen LogP) is 0.382. The lowest BCUT2D eigenvalue weighted by Crippen LogP contribution is -2.21. The molecule has 0 amide bonds. The van der Waals surface area contributed by atoms with Crippen molar-refractivity contribution in [1.29, 1.82) is 0 Å². The molecular weight excluding hydrogens is 195 g/mol. The summed E-state index contributed by atoms with van der Waals surface area (Å²) in [4.78, 5) is 18.2. The Morgan fingerprint density at radius 2 is 1.38 bits per heavy atom. The van der Waals surface area contributed by atoms with Crippen molar-refractivity contribution in [3.8, 4) is 0 Å². The molecule has 0 rings (SSSR count). The SMILES string of the molecule is CC(C)C(C)(O)P.O=C(O)C(=O)O. The number of carboxylic acid groups (broad SMARTS) is 2. The minimum atomic E-state index is -1.82. The van der Waals surface area contributed by atoms with Crippen molar-refractivity contribution in [2.75, 3.05) is 0 Å². The van der Waals surface area contributed by atoms with Crippen LogP contribution in [0.5, 0.6) is 0 Å². The van der Waals surface area contributed by atoms with Gasteiger partial charge in [-0.3, -0.25) is 0 Å². The van der Waals surface area contributed by atoms with Gasteiger partial charge in [-0.25, -0.2) is 9.59 Å². The maximum atomic E-state index is 9.10. The zero-order chi connectivity index (χ0) is 11.2. The van der Waals surface area contributed by atoms with E-state index in [0.29, 0.717) is 5.92 Å². The van der Waals surface area contributed by atoms with Gasteiger partial charge in [0.05, 0.1) is 5.34 Å². The molecule has 0 saturated heterocycles. The molecule has 0 aromatic rings. The molecule has 5 nitrogen and oxygen atoms in total. The molecule has 0 fully saturated rings. The van der Waals surface area contributed by atoms with Gasteiger partial charge in [-0.05, 0) is 12.8 Å². The van der Waals surface area contributed by atoms with Crippen LogP contribution in [0, 0.1) is 5.92 Å². The monoisotopic (exact) mass is 210 g/mol. The Labute approximate surface area is 79.0 Å². The zero-order valence-electron chi connectivity index (χ0n) is 7.81. The second-order valence-electron chi connectivity index (χ2n) is 2.99. The third-order valence-electron chi connectivity index (χ3n) is 1.35. The number of hydrogen-bond donors (Lipinski definition) is 3. The summed E-state index contributed by atoms with van der Waals surface area (Å²) >= 11 is 0. The van der Waals surface area contributed by atoms with E-state index in [-0.39, 0.29) is 0 Å². The molecule has 0 aliphatic rings. The molecule has 13 heavy (non-hydrogen) atoms. The molecule has 0 spiro atoms. The predicted molar refractivity (Wildman–Crippen MR) is 50.4 cm³/mol. The Balaban J connectivity index is 0. The van der Waals surface area contributed by atoms with E-state index in [2.05, 4.69) is 9.24 Å². The largest absolute Gasteiger partial charge is 0.473 e. The van der Waals surface area contributed by atoms with Gasteiger partial charge in [0, 0.05) is 0 Å². The Morgan fingerprint density at radius 1 is 1.23 bits per heavy atom. The van der Waals surface area contributed by atoms with E-state index in [4.69, 9.17) is 24.9 Å². The fourth-order valence-corrected chi connectivity index (χ4v) is 0. The summed E-state index contributed by atoms with van der Waals surface area (Å²) in [5.74, 6) is -3.33.